The molecule has 1 saturated heterocycles. The molecule has 0 aliphatic carbocycles. The van der Waals surface area contributed by atoms with Crippen LogP contribution in [-0.2, 0) is 22.5 Å². The molecule has 0 aromatic heterocycles. The fourth-order valence-corrected chi connectivity index (χ4v) is 4.01. The minimum absolute atomic E-state index is 0.0753. The standard InChI is InChI=1S/C25H32Cl2N4O3/c1-30(2)10-9-28-25(33)20-6-3-18(4-7-20)14-24(32)29-15-21-17-31(11-12-34-21)16-19-5-8-22(26)23(27)13-19/h3-8,13,21H,9-12,14-17H2,1-2H3,(H,28,33)(H,29,32). The van der Waals surface area contributed by atoms with E-state index in [1.807, 2.05) is 49.3 Å². The maximum Gasteiger partial charge on any atom is 0.251 e. The van der Waals surface area contributed by atoms with Crippen LogP contribution >= 0.6 is 23.2 Å². The second-order valence-electron chi connectivity index (χ2n) is 8.71. The number of carbonyl (C=O) groups excluding carboxylic acids is 2. The van der Waals surface area contributed by atoms with Crippen molar-refractivity contribution in [2.45, 2.75) is 19.1 Å². The molecule has 184 valence electrons. The maximum atomic E-state index is 12.4. The van der Waals surface area contributed by atoms with Crippen molar-refractivity contribution in [3.05, 3.63) is 69.2 Å². The number of morpholine rings is 1. The molecule has 2 amide bonds. The lowest BCUT2D eigenvalue weighted by Crippen LogP contribution is -2.47. The van der Waals surface area contributed by atoms with Gasteiger partial charge in [0.2, 0.25) is 5.91 Å². The third-order valence-electron chi connectivity index (χ3n) is 5.57. The molecule has 1 aliphatic heterocycles. The number of amides is 2. The molecule has 1 fully saturated rings. The minimum Gasteiger partial charge on any atom is -0.374 e. The van der Waals surface area contributed by atoms with Crippen LogP contribution in [0.5, 0.6) is 0 Å². The summed E-state index contributed by atoms with van der Waals surface area (Å²) in [5, 5.41) is 6.94. The Kier molecular flexibility index (Phi) is 10.2. The van der Waals surface area contributed by atoms with Crippen LogP contribution in [0.3, 0.4) is 0 Å². The lowest BCUT2D eigenvalue weighted by Gasteiger charge is -2.33. The molecular weight excluding hydrogens is 475 g/mol. The lowest BCUT2D eigenvalue weighted by molar-refractivity contribution is -0.121. The second kappa shape index (κ2) is 13.1. The summed E-state index contributed by atoms with van der Waals surface area (Å²) in [6, 6.07) is 12.8. The number of benzene rings is 2. The van der Waals surface area contributed by atoms with Gasteiger partial charge in [0.1, 0.15) is 0 Å². The van der Waals surface area contributed by atoms with Crippen LogP contribution in [0, 0.1) is 0 Å². The van der Waals surface area contributed by atoms with Crippen LogP contribution in [0.1, 0.15) is 21.5 Å². The number of halogens is 2. The van der Waals surface area contributed by atoms with Gasteiger partial charge < -0.3 is 20.3 Å². The number of carbonyl (C=O) groups is 2. The van der Waals surface area contributed by atoms with Crippen LogP contribution in [0.15, 0.2) is 42.5 Å². The van der Waals surface area contributed by atoms with Gasteiger partial charge in [-0.05, 0) is 49.5 Å². The molecule has 1 aliphatic rings. The van der Waals surface area contributed by atoms with E-state index >= 15 is 0 Å². The van der Waals surface area contributed by atoms with Gasteiger partial charge in [-0.25, -0.2) is 0 Å². The van der Waals surface area contributed by atoms with Crippen molar-refractivity contribution in [1.29, 1.82) is 0 Å². The van der Waals surface area contributed by atoms with Gasteiger partial charge in [0.05, 0.1) is 29.2 Å². The highest BCUT2D eigenvalue weighted by molar-refractivity contribution is 6.42. The number of rotatable bonds is 10. The molecule has 0 bridgehead atoms. The molecule has 0 saturated carbocycles. The number of nitrogens with zero attached hydrogens (tertiary/aromatic N) is 2. The van der Waals surface area contributed by atoms with Crippen LogP contribution in [0.4, 0.5) is 0 Å². The molecule has 1 heterocycles. The van der Waals surface area contributed by atoms with Crippen LogP contribution in [0.25, 0.3) is 0 Å². The smallest absolute Gasteiger partial charge is 0.251 e. The Bertz CT molecular complexity index is 969. The first-order chi connectivity index (χ1) is 16.3. The average molecular weight is 507 g/mol. The highest BCUT2D eigenvalue weighted by Crippen LogP contribution is 2.23. The van der Waals surface area contributed by atoms with Crippen LogP contribution in [0.2, 0.25) is 10.0 Å². The average Bonchev–Trinajstić information content (AvgIpc) is 2.80. The molecule has 2 N–H and O–H groups in total. The minimum atomic E-state index is -0.113. The van der Waals surface area contributed by atoms with Gasteiger partial charge in [0.25, 0.3) is 5.91 Å². The first kappa shape index (κ1) is 26.4. The first-order valence-electron chi connectivity index (χ1n) is 11.4. The van der Waals surface area contributed by atoms with E-state index in [2.05, 4.69) is 15.5 Å². The van der Waals surface area contributed by atoms with Crippen molar-refractivity contribution in [2.75, 3.05) is 53.4 Å². The molecule has 2 aromatic rings. The molecule has 34 heavy (non-hydrogen) atoms. The summed E-state index contributed by atoms with van der Waals surface area (Å²) in [6.07, 6.45) is 0.177. The summed E-state index contributed by atoms with van der Waals surface area (Å²) < 4.78 is 5.83. The van der Waals surface area contributed by atoms with Gasteiger partial charge in [-0.1, -0.05) is 41.4 Å². The topological polar surface area (TPSA) is 73.9 Å². The van der Waals surface area contributed by atoms with Crippen molar-refractivity contribution < 1.29 is 14.3 Å². The third-order valence-corrected chi connectivity index (χ3v) is 6.30. The summed E-state index contributed by atoms with van der Waals surface area (Å²) >= 11 is 12.1. The summed E-state index contributed by atoms with van der Waals surface area (Å²) in [4.78, 5) is 28.9. The highest BCUT2D eigenvalue weighted by Gasteiger charge is 2.21. The largest absolute Gasteiger partial charge is 0.374 e. The summed E-state index contributed by atoms with van der Waals surface area (Å²) in [5.41, 5.74) is 2.53. The second-order valence-corrected chi connectivity index (χ2v) is 9.53. The molecule has 7 nitrogen and oxygen atoms in total. The Balaban J connectivity index is 1.41. The van der Waals surface area contributed by atoms with Crippen molar-refractivity contribution in [1.82, 2.24) is 20.4 Å². The van der Waals surface area contributed by atoms with Gasteiger partial charge in [-0.15, -0.1) is 0 Å². The van der Waals surface area contributed by atoms with E-state index < -0.39 is 0 Å². The van der Waals surface area contributed by atoms with Gasteiger partial charge >= 0.3 is 0 Å². The lowest BCUT2D eigenvalue weighted by atomic mass is 10.1. The zero-order valence-electron chi connectivity index (χ0n) is 19.7. The van der Waals surface area contributed by atoms with Crippen molar-refractivity contribution >= 4 is 35.0 Å². The SMILES string of the molecule is CN(C)CCNC(=O)c1ccc(CC(=O)NCC2CN(Cc3ccc(Cl)c(Cl)c3)CCO2)cc1. The zero-order valence-corrected chi connectivity index (χ0v) is 21.2. The molecular formula is C25H32Cl2N4O3. The quantitative estimate of drug-likeness (QED) is 0.518. The van der Waals surface area contributed by atoms with E-state index in [0.29, 0.717) is 35.3 Å². The number of hydrogen-bond donors (Lipinski definition) is 2. The van der Waals surface area contributed by atoms with E-state index in [4.69, 9.17) is 27.9 Å². The molecule has 1 atom stereocenters. The monoisotopic (exact) mass is 506 g/mol. The first-order valence-corrected chi connectivity index (χ1v) is 12.1. The van der Waals surface area contributed by atoms with E-state index in [9.17, 15) is 9.59 Å². The van der Waals surface area contributed by atoms with Crippen molar-refractivity contribution in [3.8, 4) is 0 Å². The number of ether oxygens (including phenoxy) is 1. The zero-order chi connectivity index (χ0) is 24.5. The number of nitrogens with one attached hydrogen (secondary N) is 2. The van der Waals surface area contributed by atoms with Gasteiger partial charge in [-0.3, -0.25) is 14.5 Å². The van der Waals surface area contributed by atoms with E-state index in [-0.39, 0.29) is 24.3 Å². The summed E-state index contributed by atoms with van der Waals surface area (Å²) in [7, 11) is 3.92. The van der Waals surface area contributed by atoms with Crippen LogP contribution in [-0.4, -0.2) is 81.1 Å². The fourth-order valence-electron chi connectivity index (χ4n) is 3.69. The Morgan fingerprint density at radius 3 is 2.50 bits per heavy atom. The normalized spacial score (nSPS) is 16.4. The van der Waals surface area contributed by atoms with E-state index in [0.717, 1.165) is 37.3 Å². The number of likely N-dealkylation sites (N-methyl/N-ethyl adjacent to an activating group) is 1. The Morgan fingerprint density at radius 2 is 1.79 bits per heavy atom. The summed E-state index contributed by atoms with van der Waals surface area (Å²) in [5.74, 6) is -0.189. The molecule has 3 rings (SSSR count). The maximum absolute atomic E-state index is 12.4. The molecule has 2 aromatic carbocycles. The summed E-state index contributed by atoms with van der Waals surface area (Å²) in [6.45, 7) is 4.72. The molecule has 0 spiro atoms. The van der Waals surface area contributed by atoms with E-state index in [1.165, 1.54) is 0 Å². The Morgan fingerprint density at radius 1 is 1.06 bits per heavy atom. The van der Waals surface area contributed by atoms with Gasteiger partial charge in [0, 0.05) is 44.8 Å². The highest BCUT2D eigenvalue weighted by atomic mass is 35.5. The molecule has 9 heteroatoms. The Hall–Kier alpha value is -2.16. The third kappa shape index (κ3) is 8.56. The molecule has 1 unspecified atom stereocenters. The van der Waals surface area contributed by atoms with E-state index in [1.54, 1.807) is 12.1 Å². The predicted octanol–water partition coefficient (Wildman–Crippen LogP) is 2.84. The fraction of sp³-hybridized carbons (Fsp3) is 0.440. The Labute approximate surface area is 211 Å². The van der Waals surface area contributed by atoms with Crippen LogP contribution < -0.4 is 10.6 Å². The van der Waals surface area contributed by atoms with Gasteiger partial charge in [-0.2, -0.15) is 0 Å². The predicted molar refractivity (Wildman–Crippen MR) is 136 cm³/mol. The van der Waals surface area contributed by atoms with Crippen molar-refractivity contribution in [3.63, 3.8) is 0 Å². The van der Waals surface area contributed by atoms with Gasteiger partial charge in [0.15, 0.2) is 0 Å². The van der Waals surface area contributed by atoms with Crippen molar-refractivity contribution in [2.24, 2.45) is 0 Å². The molecule has 0 radical (unpaired) electrons. The number of hydrogen-bond acceptors (Lipinski definition) is 5.